The second-order valence-electron chi connectivity index (χ2n) is 7.98. The molecular weight excluding hydrogens is 359 g/mol. The molecule has 7 nitrogen and oxygen atoms in total. The summed E-state index contributed by atoms with van der Waals surface area (Å²) in [6.45, 7) is 4.73. The maximum Gasteiger partial charge on any atom is 0.219 e. The minimum atomic E-state index is -0.762. The molecule has 0 saturated carbocycles. The van der Waals surface area contributed by atoms with Crippen LogP contribution in [0.3, 0.4) is 0 Å². The quantitative estimate of drug-likeness (QED) is 0.862. The Hall–Kier alpha value is -2.32. The lowest BCUT2D eigenvalue weighted by molar-refractivity contribution is -0.0712. The molecule has 3 aliphatic rings. The van der Waals surface area contributed by atoms with Gasteiger partial charge in [0.15, 0.2) is 0 Å². The third-order valence-corrected chi connectivity index (χ3v) is 6.10. The Morgan fingerprint density at radius 2 is 1.79 bits per heavy atom. The second kappa shape index (κ2) is 7.25. The summed E-state index contributed by atoms with van der Waals surface area (Å²) < 4.78 is 18.8. The maximum absolute atomic E-state index is 13.4. The number of hydrogen-bond donors (Lipinski definition) is 1. The first-order chi connectivity index (χ1) is 13.7. The minimum absolute atomic E-state index is 0.246. The molecule has 3 aliphatic heterocycles. The van der Waals surface area contributed by atoms with Crippen LogP contribution in [0.25, 0.3) is 11.3 Å². The summed E-state index contributed by atoms with van der Waals surface area (Å²) in [5.74, 6) is 1.57. The molecule has 0 unspecified atom stereocenters. The number of rotatable bonds is 4. The highest BCUT2D eigenvalue weighted by atomic mass is 19.1. The smallest absolute Gasteiger partial charge is 0.219 e. The Morgan fingerprint density at radius 1 is 1.07 bits per heavy atom. The number of anilines is 2. The molecule has 0 aliphatic carbocycles. The number of hydrogen-bond acceptors (Lipinski definition) is 7. The first-order valence-corrected chi connectivity index (χ1v) is 9.96. The Bertz CT molecular complexity index is 829. The first kappa shape index (κ1) is 17.8. The van der Waals surface area contributed by atoms with Gasteiger partial charge in [0, 0.05) is 18.0 Å². The number of nitrogens with two attached hydrogens (primary N) is 1. The molecule has 0 atom stereocenters. The summed E-state index contributed by atoms with van der Waals surface area (Å²) in [5.41, 5.74) is 8.55. The monoisotopic (exact) mass is 384 g/mol. The van der Waals surface area contributed by atoms with E-state index in [1.165, 1.54) is 5.56 Å². The van der Waals surface area contributed by atoms with Gasteiger partial charge in [-0.1, -0.05) is 0 Å². The number of alkyl halides is 1. The number of likely N-dealkylation sites (tertiary alicyclic amines) is 1. The zero-order valence-corrected chi connectivity index (χ0v) is 15.8. The van der Waals surface area contributed by atoms with Crippen LogP contribution in [0.4, 0.5) is 16.2 Å². The predicted molar refractivity (Wildman–Crippen MR) is 105 cm³/mol. The highest BCUT2D eigenvalue weighted by Gasteiger charge is 2.32. The van der Waals surface area contributed by atoms with Crippen molar-refractivity contribution in [2.24, 2.45) is 0 Å². The van der Waals surface area contributed by atoms with Crippen molar-refractivity contribution in [1.29, 1.82) is 0 Å². The molecule has 2 aromatic rings. The molecular formula is C20H25FN6O. The van der Waals surface area contributed by atoms with E-state index in [1.54, 1.807) is 12.4 Å². The van der Waals surface area contributed by atoms with Crippen molar-refractivity contribution in [3.8, 4) is 11.3 Å². The van der Waals surface area contributed by atoms with Crippen molar-refractivity contribution in [3.63, 3.8) is 0 Å². The van der Waals surface area contributed by atoms with Crippen LogP contribution >= 0.6 is 0 Å². The van der Waals surface area contributed by atoms with E-state index in [4.69, 9.17) is 15.5 Å². The van der Waals surface area contributed by atoms with Gasteiger partial charge >= 0.3 is 0 Å². The molecule has 0 radical (unpaired) electrons. The Morgan fingerprint density at radius 3 is 2.39 bits per heavy atom. The standard InChI is InChI=1S/C20H25FN6O/c21-16-9-27(10-16)19-6-14(5-18(25-19)15-7-23-20(22)24-8-15)13-1-3-26(4-2-13)17-11-28-12-17/h5-8,13,16-17H,1-4,9-12H2,(H2,22,23,24). The Kier molecular flexibility index (Phi) is 4.60. The lowest BCUT2D eigenvalue weighted by atomic mass is 9.88. The van der Waals surface area contributed by atoms with Gasteiger partial charge in [0.1, 0.15) is 12.0 Å². The van der Waals surface area contributed by atoms with Crippen molar-refractivity contribution in [1.82, 2.24) is 19.9 Å². The van der Waals surface area contributed by atoms with Crippen molar-refractivity contribution in [3.05, 3.63) is 30.1 Å². The fourth-order valence-electron chi connectivity index (χ4n) is 4.20. The Balaban J connectivity index is 1.40. The molecule has 5 heterocycles. The van der Waals surface area contributed by atoms with Crippen molar-refractivity contribution >= 4 is 11.8 Å². The van der Waals surface area contributed by atoms with E-state index in [2.05, 4.69) is 27.0 Å². The van der Waals surface area contributed by atoms with Crippen LogP contribution in [0.1, 0.15) is 24.3 Å². The molecule has 0 amide bonds. The highest BCUT2D eigenvalue weighted by molar-refractivity contribution is 5.62. The molecule has 2 aromatic heterocycles. The lowest BCUT2D eigenvalue weighted by Gasteiger charge is -2.41. The second-order valence-corrected chi connectivity index (χ2v) is 7.98. The highest BCUT2D eigenvalue weighted by Crippen LogP contribution is 2.34. The SMILES string of the molecule is Nc1ncc(-c2cc(C3CCN(C4COC4)CC3)cc(N3CC(F)C3)n2)cn1. The molecule has 3 saturated heterocycles. The van der Waals surface area contributed by atoms with E-state index in [-0.39, 0.29) is 5.95 Å². The number of halogens is 1. The van der Waals surface area contributed by atoms with Crippen LogP contribution in [0.2, 0.25) is 0 Å². The number of aromatic nitrogens is 3. The van der Waals surface area contributed by atoms with Gasteiger partial charge in [0.2, 0.25) is 5.95 Å². The van der Waals surface area contributed by atoms with Gasteiger partial charge in [-0.05, 0) is 49.5 Å². The average molecular weight is 384 g/mol. The normalized spacial score (nSPS) is 22.1. The van der Waals surface area contributed by atoms with Gasteiger partial charge in [0.25, 0.3) is 0 Å². The molecule has 0 bridgehead atoms. The van der Waals surface area contributed by atoms with E-state index in [9.17, 15) is 4.39 Å². The fourth-order valence-corrected chi connectivity index (χ4v) is 4.20. The summed E-state index contributed by atoms with van der Waals surface area (Å²) in [6, 6.07) is 4.87. The predicted octanol–water partition coefficient (Wildman–Crippen LogP) is 1.86. The topological polar surface area (TPSA) is 80.4 Å². The summed E-state index contributed by atoms with van der Waals surface area (Å²) in [4.78, 5) is 17.5. The van der Waals surface area contributed by atoms with E-state index in [0.29, 0.717) is 25.0 Å². The third kappa shape index (κ3) is 3.42. The fraction of sp³-hybridized carbons (Fsp3) is 0.550. The number of nitrogens with zero attached hydrogens (tertiary/aromatic N) is 5. The molecule has 0 spiro atoms. The summed E-state index contributed by atoms with van der Waals surface area (Å²) >= 11 is 0. The molecule has 5 rings (SSSR count). The van der Waals surface area contributed by atoms with Gasteiger partial charge in [0.05, 0.1) is 38.0 Å². The van der Waals surface area contributed by atoms with Crippen LogP contribution in [0.5, 0.6) is 0 Å². The summed E-state index contributed by atoms with van der Waals surface area (Å²) in [7, 11) is 0. The van der Waals surface area contributed by atoms with Gasteiger partial charge in [-0.2, -0.15) is 0 Å². The lowest BCUT2D eigenvalue weighted by Crippen LogP contribution is -2.51. The molecule has 2 N–H and O–H groups in total. The molecule has 148 valence electrons. The number of pyridine rings is 1. The van der Waals surface area contributed by atoms with E-state index in [1.807, 2.05) is 4.90 Å². The molecule has 3 fully saturated rings. The maximum atomic E-state index is 13.4. The average Bonchev–Trinajstić information content (AvgIpc) is 2.65. The molecule has 28 heavy (non-hydrogen) atoms. The molecule has 0 aromatic carbocycles. The van der Waals surface area contributed by atoms with Gasteiger partial charge < -0.3 is 15.4 Å². The van der Waals surface area contributed by atoms with Crippen molar-refractivity contribution in [2.75, 3.05) is 50.0 Å². The largest absolute Gasteiger partial charge is 0.378 e. The van der Waals surface area contributed by atoms with Gasteiger partial charge in [-0.3, -0.25) is 4.90 Å². The number of piperidine rings is 1. The summed E-state index contributed by atoms with van der Waals surface area (Å²) in [6.07, 6.45) is 4.87. The van der Waals surface area contributed by atoms with Crippen molar-refractivity contribution < 1.29 is 9.13 Å². The van der Waals surface area contributed by atoms with Crippen molar-refractivity contribution in [2.45, 2.75) is 31.0 Å². The van der Waals surface area contributed by atoms with Gasteiger partial charge in [-0.15, -0.1) is 0 Å². The van der Waals surface area contributed by atoms with Crippen LogP contribution in [-0.4, -0.2) is 71.5 Å². The number of nitrogen functional groups attached to an aromatic ring is 1. The molecule has 8 heteroatoms. The van der Waals surface area contributed by atoms with Crippen LogP contribution in [-0.2, 0) is 4.74 Å². The number of ether oxygens (including phenoxy) is 1. The first-order valence-electron chi connectivity index (χ1n) is 9.96. The van der Waals surface area contributed by atoms with Gasteiger partial charge in [-0.25, -0.2) is 19.3 Å². The summed E-state index contributed by atoms with van der Waals surface area (Å²) in [5, 5.41) is 0. The van der Waals surface area contributed by atoms with Crippen LogP contribution in [0, 0.1) is 0 Å². The third-order valence-electron chi connectivity index (χ3n) is 6.10. The zero-order valence-electron chi connectivity index (χ0n) is 15.8. The van der Waals surface area contributed by atoms with E-state index in [0.717, 1.165) is 56.2 Å². The minimum Gasteiger partial charge on any atom is -0.378 e. The zero-order chi connectivity index (χ0) is 19.1. The van der Waals surface area contributed by atoms with E-state index < -0.39 is 6.17 Å². The van der Waals surface area contributed by atoms with Crippen LogP contribution in [0.15, 0.2) is 24.5 Å². The van der Waals surface area contributed by atoms with E-state index >= 15 is 0 Å². The Labute approximate surface area is 163 Å². The van der Waals surface area contributed by atoms with Crippen LogP contribution < -0.4 is 10.6 Å².